The maximum atomic E-state index is 13.8. The molecule has 2 aliphatic rings. The maximum absolute atomic E-state index is 13.8. The van der Waals surface area contributed by atoms with Crippen LogP contribution in [0.25, 0.3) is 0 Å². The molecule has 3 rings (SSSR count). The van der Waals surface area contributed by atoms with E-state index in [1.54, 1.807) is 6.20 Å². The van der Waals surface area contributed by atoms with Crippen LogP contribution in [0.15, 0.2) is 6.20 Å². The third kappa shape index (κ3) is 3.07. The summed E-state index contributed by atoms with van der Waals surface area (Å²) in [5.41, 5.74) is -1.58. The number of alkyl halides is 2. The number of nitrogens with zero attached hydrogens (tertiary/aromatic N) is 4. The number of carboxylic acid groups (broad SMARTS) is 1. The number of halogens is 2. The zero-order chi connectivity index (χ0) is 16.7. The molecule has 0 spiro atoms. The van der Waals surface area contributed by atoms with Crippen LogP contribution in [-0.2, 0) is 11.3 Å². The normalized spacial score (nSPS) is 26.9. The van der Waals surface area contributed by atoms with E-state index in [1.807, 2.05) is 9.58 Å². The third-order valence-corrected chi connectivity index (χ3v) is 4.69. The van der Waals surface area contributed by atoms with Crippen molar-refractivity contribution in [3.8, 4) is 0 Å². The standard InChI is InChI=1S/C14H20F2N4O3/c15-14(16,12(21)22)13(23)4-1-6-19(7-5-13)9-11-8-17-18-20(11)10-2-3-10/h8,10,23H,1-7,9H2,(H,21,22). The summed E-state index contributed by atoms with van der Waals surface area (Å²) in [6, 6.07) is 0.382. The van der Waals surface area contributed by atoms with Gasteiger partial charge in [0.2, 0.25) is 0 Å². The Morgan fingerprint density at radius 2 is 2.13 bits per heavy atom. The van der Waals surface area contributed by atoms with E-state index in [2.05, 4.69) is 10.3 Å². The van der Waals surface area contributed by atoms with Crippen molar-refractivity contribution in [2.24, 2.45) is 0 Å². The van der Waals surface area contributed by atoms with Crippen LogP contribution >= 0.6 is 0 Å². The first kappa shape index (κ1) is 16.3. The fourth-order valence-electron chi connectivity index (χ4n) is 3.08. The SMILES string of the molecule is O=C(O)C(F)(F)C1(O)CCCN(Cc2cnnn2C2CC2)CC1. The maximum Gasteiger partial charge on any atom is 0.377 e. The van der Waals surface area contributed by atoms with Gasteiger partial charge in [-0.2, -0.15) is 8.78 Å². The van der Waals surface area contributed by atoms with Crippen molar-refractivity contribution in [3.05, 3.63) is 11.9 Å². The van der Waals surface area contributed by atoms with Gasteiger partial charge in [-0.1, -0.05) is 5.21 Å². The third-order valence-electron chi connectivity index (χ3n) is 4.69. The molecule has 1 aromatic rings. The lowest BCUT2D eigenvalue weighted by Crippen LogP contribution is -2.53. The number of carbonyl (C=O) groups is 1. The topological polar surface area (TPSA) is 91.5 Å². The highest BCUT2D eigenvalue weighted by molar-refractivity contribution is 5.77. The number of likely N-dealkylation sites (tertiary alicyclic amines) is 1. The van der Waals surface area contributed by atoms with Crippen LogP contribution in [0.2, 0.25) is 0 Å². The second-order valence-corrected chi connectivity index (χ2v) is 6.44. The van der Waals surface area contributed by atoms with Crippen molar-refractivity contribution >= 4 is 5.97 Å². The van der Waals surface area contributed by atoms with E-state index in [-0.39, 0.29) is 19.4 Å². The molecule has 0 radical (unpaired) electrons. The molecule has 0 aromatic carbocycles. The highest BCUT2D eigenvalue weighted by Crippen LogP contribution is 2.38. The smallest absolute Gasteiger partial charge is 0.377 e. The van der Waals surface area contributed by atoms with E-state index in [9.17, 15) is 18.7 Å². The van der Waals surface area contributed by atoms with Crippen LogP contribution in [0.3, 0.4) is 0 Å². The number of carboxylic acids is 1. The summed E-state index contributed by atoms with van der Waals surface area (Å²) in [6.45, 7) is 1.24. The van der Waals surface area contributed by atoms with Gasteiger partial charge in [0.1, 0.15) is 5.60 Å². The lowest BCUT2D eigenvalue weighted by molar-refractivity contribution is -0.211. The van der Waals surface area contributed by atoms with Crippen molar-refractivity contribution in [1.82, 2.24) is 19.9 Å². The van der Waals surface area contributed by atoms with Gasteiger partial charge < -0.3 is 10.2 Å². The molecule has 7 nitrogen and oxygen atoms in total. The molecule has 1 saturated carbocycles. The summed E-state index contributed by atoms with van der Waals surface area (Å²) in [4.78, 5) is 12.7. The summed E-state index contributed by atoms with van der Waals surface area (Å²) in [5, 5.41) is 26.8. The van der Waals surface area contributed by atoms with Crippen LogP contribution in [0.1, 0.15) is 43.8 Å². The van der Waals surface area contributed by atoms with Crippen molar-refractivity contribution in [2.75, 3.05) is 13.1 Å². The van der Waals surface area contributed by atoms with Gasteiger partial charge in [-0.05, 0) is 38.6 Å². The van der Waals surface area contributed by atoms with Crippen LogP contribution < -0.4 is 0 Å². The highest BCUT2D eigenvalue weighted by Gasteiger charge is 2.58. The Hall–Kier alpha value is -1.61. The molecule has 1 aliphatic carbocycles. The number of rotatable bonds is 5. The van der Waals surface area contributed by atoms with Gasteiger partial charge in [0.25, 0.3) is 0 Å². The second kappa shape index (κ2) is 5.79. The molecule has 9 heteroatoms. The second-order valence-electron chi connectivity index (χ2n) is 6.44. The minimum Gasteiger partial charge on any atom is -0.477 e. The lowest BCUT2D eigenvalue weighted by atomic mass is 9.88. The summed E-state index contributed by atoms with van der Waals surface area (Å²) in [5.74, 6) is -6.41. The Bertz CT molecular complexity index is 590. The molecular formula is C14H20F2N4O3. The van der Waals surface area contributed by atoms with Crippen molar-refractivity contribution in [3.63, 3.8) is 0 Å². The first-order chi connectivity index (χ1) is 10.8. The number of aliphatic carboxylic acids is 1. The van der Waals surface area contributed by atoms with Crippen LogP contribution in [0.5, 0.6) is 0 Å². The average Bonchev–Trinajstić information content (AvgIpc) is 3.26. The van der Waals surface area contributed by atoms with Gasteiger partial charge in [0, 0.05) is 13.1 Å². The molecule has 128 valence electrons. The molecule has 0 bridgehead atoms. The van der Waals surface area contributed by atoms with Crippen molar-refractivity contribution < 1.29 is 23.8 Å². The van der Waals surface area contributed by atoms with Crippen LogP contribution in [0, 0.1) is 0 Å². The van der Waals surface area contributed by atoms with E-state index in [4.69, 9.17) is 5.11 Å². The van der Waals surface area contributed by atoms with Crippen LogP contribution in [-0.4, -0.2) is 60.7 Å². The van der Waals surface area contributed by atoms with Gasteiger partial charge in [0.15, 0.2) is 0 Å². The predicted octanol–water partition coefficient (Wildman–Crippen LogP) is 1.05. The minimum absolute atomic E-state index is 0.204. The molecule has 1 aliphatic heterocycles. The molecule has 23 heavy (non-hydrogen) atoms. The van der Waals surface area contributed by atoms with Gasteiger partial charge >= 0.3 is 11.9 Å². The number of hydrogen-bond donors (Lipinski definition) is 2. The Morgan fingerprint density at radius 1 is 1.39 bits per heavy atom. The van der Waals surface area contributed by atoms with E-state index in [0.29, 0.717) is 25.6 Å². The van der Waals surface area contributed by atoms with E-state index >= 15 is 0 Å². The average molecular weight is 330 g/mol. The molecular weight excluding hydrogens is 310 g/mol. The molecule has 1 saturated heterocycles. The zero-order valence-corrected chi connectivity index (χ0v) is 12.7. The number of aliphatic hydroxyl groups is 1. The quantitative estimate of drug-likeness (QED) is 0.838. The Morgan fingerprint density at radius 3 is 2.78 bits per heavy atom. The Balaban J connectivity index is 1.66. The summed E-state index contributed by atoms with van der Waals surface area (Å²) < 4.78 is 29.4. The summed E-state index contributed by atoms with van der Waals surface area (Å²) in [7, 11) is 0. The number of hydrogen-bond acceptors (Lipinski definition) is 5. The van der Waals surface area contributed by atoms with E-state index in [1.165, 1.54) is 0 Å². The lowest BCUT2D eigenvalue weighted by Gasteiger charge is -2.32. The Kier molecular flexibility index (Phi) is 4.09. The molecule has 0 amide bonds. The minimum atomic E-state index is -4.14. The first-order valence-corrected chi connectivity index (χ1v) is 7.78. The van der Waals surface area contributed by atoms with Gasteiger partial charge in [-0.15, -0.1) is 5.10 Å². The molecule has 2 fully saturated rings. The predicted molar refractivity (Wildman–Crippen MR) is 75.0 cm³/mol. The summed E-state index contributed by atoms with van der Waals surface area (Å²) >= 11 is 0. The zero-order valence-electron chi connectivity index (χ0n) is 12.7. The van der Waals surface area contributed by atoms with Gasteiger partial charge in [0.05, 0.1) is 17.9 Å². The molecule has 1 atom stereocenters. The fraction of sp³-hybridized carbons (Fsp3) is 0.786. The van der Waals surface area contributed by atoms with Gasteiger partial charge in [-0.3, -0.25) is 4.90 Å². The van der Waals surface area contributed by atoms with E-state index < -0.39 is 17.5 Å². The first-order valence-electron chi connectivity index (χ1n) is 7.78. The molecule has 2 heterocycles. The molecule has 1 unspecified atom stereocenters. The Labute approximate surface area is 131 Å². The molecule has 2 N–H and O–H groups in total. The largest absolute Gasteiger partial charge is 0.477 e. The van der Waals surface area contributed by atoms with Crippen molar-refractivity contribution in [1.29, 1.82) is 0 Å². The highest BCUT2D eigenvalue weighted by atomic mass is 19.3. The van der Waals surface area contributed by atoms with Crippen LogP contribution in [0.4, 0.5) is 8.78 Å². The monoisotopic (exact) mass is 330 g/mol. The number of aromatic nitrogens is 3. The summed E-state index contributed by atoms with van der Waals surface area (Å²) in [6.07, 6.45) is 3.60. The molecule has 1 aromatic heterocycles. The fourth-order valence-corrected chi connectivity index (χ4v) is 3.08. The van der Waals surface area contributed by atoms with Gasteiger partial charge in [-0.25, -0.2) is 9.48 Å². The van der Waals surface area contributed by atoms with E-state index in [0.717, 1.165) is 18.5 Å². The van der Waals surface area contributed by atoms with Crippen molar-refractivity contribution in [2.45, 2.75) is 56.2 Å².